The number of fused-ring (bicyclic) bond motifs is 1. The lowest BCUT2D eigenvalue weighted by Crippen LogP contribution is -2.54. The maximum absolute atomic E-state index is 13.2. The van der Waals surface area contributed by atoms with Crippen LogP contribution in [0.25, 0.3) is 10.9 Å². The van der Waals surface area contributed by atoms with Gasteiger partial charge in [0.25, 0.3) is 23.0 Å². The van der Waals surface area contributed by atoms with E-state index in [1.54, 1.807) is 54.6 Å². The van der Waals surface area contributed by atoms with Crippen molar-refractivity contribution in [2.45, 2.75) is 25.8 Å². The van der Waals surface area contributed by atoms with Gasteiger partial charge in [-0.3, -0.25) is 43.9 Å². The first-order valence-electron chi connectivity index (χ1n) is 16.9. The molecule has 0 radical (unpaired) electrons. The van der Waals surface area contributed by atoms with Crippen molar-refractivity contribution in [3.63, 3.8) is 0 Å². The van der Waals surface area contributed by atoms with Crippen LogP contribution in [0.1, 0.15) is 44.7 Å². The number of imide groups is 3. The third kappa shape index (κ3) is 8.13. The number of anilines is 1. The number of piperidine rings is 1. The highest BCUT2D eigenvalue weighted by atomic mass is 32.2. The second kappa shape index (κ2) is 16.8. The summed E-state index contributed by atoms with van der Waals surface area (Å²) in [6, 6.07) is 14.0. The quantitative estimate of drug-likeness (QED) is 0.0929. The topological polar surface area (TPSA) is 174 Å². The summed E-state index contributed by atoms with van der Waals surface area (Å²) in [7, 11) is 1.50. The molecule has 2 N–H and O–H groups in total. The summed E-state index contributed by atoms with van der Waals surface area (Å²) in [4.78, 5) is 81.5. The number of carbonyl (C=O) groups excluding carboxylic acids is 6. The smallest absolute Gasteiger partial charge is 0.293 e. The van der Waals surface area contributed by atoms with Gasteiger partial charge < -0.3 is 24.3 Å². The molecule has 1 unspecified atom stereocenters. The highest BCUT2D eigenvalue weighted by molar-refractivity contribution is 8.18. The molecule has 2 fully saturated rings. The second-order valence-electron chi connectivity index (χ2n) is 12.2. The first kappa shape index (κ1) is 37.7. The number of nitrogens with zero attached hydrogens (tertiary/aromatic N) is 3. The Balaban J connectivity index is 0.921. The summed E-state index contributed by atoms with van der Waals surface area (Å²) in [6.45, 7) is 10.2. The predicted octanol–water partition coefficient (Wildman–Crippen LogP) is 4.93. The van der Waals surface area contributed by atoms with Gasteiger partial charge in [0.05, 0.1) is 62.7 Å². The zero-order chi connectivity index (χ0) is 38.4. The van der Waals surface area contributed by atoms with Crippen LogP contribution in [0.4, 0.5) is 16.2 Å². The molecular weight excluding hydrogens is 719 g/mol. The van der Waals surface area contributed by atoms with E-state index >= 15 is 0 Å². The second-order valence-corrected chi connectivity index (χ2v) is 13.2. The van der Waals surface area contributed by atoms with E-state index in [1.165, 1.54) is 13.2 Å². The number of thioether (sulfide) groups is 1. The summed E-state index contributed by atoms with van der Waals surface area (Å²) < 4.78 is 22.7. The number of aryl methyl sites for hydroxylation is 1. The zero-order valence-electron chi connectivity index (χ0n) is 29.3. The number of rotatable bonds is 15. The molecule has 3 aromatic carbocycles. The van der Waals surface area contributed by atoms with Crippen molar-refractivity contribution < 1.29 is 47.7 Å². The molecule has 3 aromatic rings. The highest BCUT2D eigenvalue weighted by Gasteiger charge is 2.45. The molecule has 6 rings (SSSR count). The van der Waals surface area contributed by atoms with Gasteiger partial charge in [-0.2, -0.15) is 0 Å². The van der Waals surface area contributed by atoms with Crippen molar-refractivity contribution in [3.05, 3.63) is 93.2 Å². The molecule has 54 heavy (non-hydrogen) atoms. The lowest BCUT2D eigenvalue weighted by molar-refractivity contribution is -0.136. The fraction of sp³-hybridized carbons (Fsp3) is 0.289. The molecular formula is C38H35N5O10S. The van der Waals surface area contributed by atoms with Gasteiger partial charge in [-0.05, 0) is 78.7 Å². The Labute approximate surface area is 314 Å². The van der Waals surface area contributed by atoms with Gasteiger partial charge in [-0.1, -0.05) is 18.2 Å². The number of amides is 6. The minimum atomic E-state index is -1.05. The van der Waals surface area contributed by atoms with Crippen molar-refractivity contribution >= 4 is 64.0 Å². The molecule has 3 aliphatic heterocycles. The average molecular weight is 754 g/mol. The Morgan fingerprint density at radius 1 is 0.926 bits per heavy atom. The van der Waals surface area contributed by atoms with Crippen LogP contribution in [-0.4, -0.2) is 97.2 Å². The number of nitrogens with one attached hydrogen (secondary N) is 2. The Bertz CT molecular complexity index is 2110. The molecule has 3 heterocycles. The van der Waals surface area contributed by atoms with Gasteiger partial charge in [-0.25, -0.2) is 4.85 Å². The summed E-state index contributed by atoms with van der Waals surface area (Å²) in [6.07, 6.45) is 1.72. The lowest BCUT2D eigenvalue weighted by atomic mass is 10.0. The van der Waals surface area contributed by atoms with E-state index in [0.717, 1.165) is 27.1 Å². The van der Waals surface area contributed by atoms with Crippen LogP contribution in [0, 0.1) is 13.5 Å². The fourth-order valence-corrected chi connectivity index (χ4v) is 6.90. The Morgan fingerprint density at radius 2 is 1.70 bits per heavy atom. The van der Waals surface area contributed by atoms with E-state index < -0.39 is 40.8 Å². The standard InChI is InChI=1S/C38H35N5O10S/c1-22-19-24(39-2)8-11-28(22)53-29-10-7-23(20-30(29)50-3)21-31-36(47)42(38(49)54-31)14-16-52-18-17-51-15-13-40-26-6-4-5-25-33(26)37(48)43(35(25)46)27-9-12-32(44)41-34(27)45/h4-8,10-11,19-21,27,40H,9,12-18H2,1,3H3,(H,41,44,45)/b31-21-. The van der Waals surface area contributed by atoms with Gasteiger partial charge in [-0.15, -0.1) is 0 Å². The Morgan fingerprint density at radius 3 is 2.44 bits per heavy atom. The molecule has 0 bridgehead atoms. The van der Waals surface area contributed by atoms with Gasteiger partial charge >= 0.3 is 0 Å². The van der Waals surface area contributed by atoms with Crippen molar-refractivity contribution in [1.82, 2.24) is 15.1 Å². The van der Waals surface area contributed by atoms with Crippen LogP contribution in [0.2, 0.25) is 0 Å². The third-order valence-corrected chi connectivity index (χ3v) is 9.64. The first-order chi connectivity index (χ1) is 26.1. The van der Waals surface area contributed by atoms with E-state index in [-0.39, 0.29) is 61.8 Å². The van der Waals surface area contributed by atoms with Crippen molar-refractivity contribution in [2.75, 3.05) is 51.9 Å². The number of methoxy groups -OCH3 is 1. The van der Waals surface area contributed by atoms with Gasteiger partial charge in [0.2, 0.25) is 11.8 Å². The molecule has 0 spiro atoms. The summed E-state index contributed by atoms with van der Waals surface area (Å²) in [5.74, 6) is -1.27. The molecule has 278 valence electrons. The zero-order valence-corrected chi connectivity index (χ0v) is 30.2. The molecule has 15 nitrogen and oxygen atoms in total. The molecule has 0 aromatic heterocycles. The Kier molecular flexibility index (Phi) is 11.7. The minimum Gasteiger partial charge on any atom is -0.493 e. The molecule has 1 atom stereocenters. The highest BCUT2D eigenvalue weighted by Crippen LogP contribution is 2.37. The van der Waals surface area contributed by atoms with E-state index in [9.17, 15) is 28.8 Å². The number of carbonyl (C=O) groups is 6. The molecule has 16 heteroatoms. The maximum Gasteiger partial charge on any atom is 0.293 e. The van der Waals surface area contributed by atoms with Gasteiger partial charge in [0.1, 0.15) is 11.8 Å². The fourth-order valence-electron chi connectivity index (χ4n) is 6.04. The molecule has 6 amide bonds. The number of benzene rings is 3. The van der Waals surface area contributed by atoms with E-state index in [4.69, 9.17) is 25.5 Å². The Hall–Kier alpha value is -6.02. The molecule has 0 aliphatic carbocycles. The predicted molar refractivity (Wildman–Crippen MR) is 196 cm³/mol. The van der Waals surface area contributed by atoms with Crippen LogP contribution in [-0.2, 0) is 23.9 Å². The van der Waals surface area contributed by atoms with E-state index in [0.29, 0.717) is 40.7 Å². The SMILES string of the molecule is [C-]#[N+]c1ccc(Oc2ccc(/C=C3\SC(=O)N(CCOCCOCCNc4cccc5c4C(=O)N(C4CCC(=O)NC4=O)C5=O)C3=O)cc2OC)c(C)c1. The molecule has 0 saturated carbocycles. The van der Waals surface area contributed by atoms with Crippen molar-refractivity contribution in [2.24, 2.45) is 0 Å². The summed E-state index contributed by atoms with van der Waals surface area (Å²) in [5, 5.41) is 4.88. The monoisotopic (exact) mass is 753 g/mol. The summed E-state index contributed by atoms with van der Waals surface area (Å²) in [5.41, 5.74) is 2.71. The lowest BCUT2D eigenvalue weighted by Gasteiger charge is -2.27. The van der Waals surface area contributed by atoms with Crippen molar-refractivity contribution in [1.29, 1.82) is 0 Å². The van der Waals surface area contributed by atoms with Gasteiger partial charge in [0, 0.05) is 18.7 Å². The van der Waals surface area contributed by atoms with Gasteiger partial charge in [0.15, 0.2) is 17.2 Å². The largest absolute Gasteiger partial charge is 0.493 e. The normalized spacial score (nSPS) is 17.6. The van der Waals surface area contributed by atoms with Crippen LogP contribution >= 0.6 is 11.8 Å². The first-order valence-corrected chi connectivity index (χ1v) is 17.7. The van der Waals surface area contributed by atoms with Crippen LogP contribution in [0.15, 0.2) is 59.5 Å². The van der Waals surface area contributed by atoms with E-state index in [2.05, 4.69) is 15.5 Å². The molecule has 3 aliphatic rings. The third-order valence-electron chi connectivity index (χ3n) is 8.73. The van der Waals surface area contributed by atoms with Crippen LogP contribution in [0.5, 0.6) is 17.2 Å². The maximum atomic E-state index is 13.2. The minimum absolute atomic E-state index is 0.0373. The molecule has 2 saturated heterocycles. The number of hydrogen-bond acceptors (Lipinski definition) is 12. The van der Waals surface area contributed by atoms with E-state index in [1.807, 2.05) is 6.92 Å². The number of ether oxygens (including phenoxy) is 4. The average Bonchev–Trinajstić information content (AvgIpc) is 3.57. The van der Waals surface area contributed by atoms with Crippen LogP contribution in [0.3, 0.4) is 0 Å². The van der Waals surface area contributed by atoms with Crippen LogP contribution < -0.4 is 20.1 Å². The van der Waals surface area contributed by atoms with Crippen molar-refractivity contribution in [3.8, 4) is 17.2 Å². The summed E-state index contributed by atoms with van der Waals surface area (Å²) >= 11 is 0.836. The number of hydrogen-bond donors (Lipinski definition) is 2.